The molecule has 0 amide bonds. The second-order valence-electron chi connectivity index (χ2n) is 5.13. The third-order valence-corrected chi connectivity index (χ3v) is 3.93. The number of aliphatic carboxylic acids is 1. The average Bonchev–Trinajstić information content (AvgIpc) is 2.67. The highest BCUT2D eigenvalue weighted by atomic mass is 32.1. The SMILES string of the molecule is Cc1cn([C@]2(CC(=O)O)O[C@H](CO)[C@@H](O)[C@H]2O)c(=S)[nH]c1=O. The number of carboxylic acids is 1. The quantitative estimate of drug-likeness (QED) is 0.417. The molecule has 0 bridgehead atoms. The first kappa shape index (κ1) is 16.8. The van der Waals surface area contributed by atoms with Crippen molar-refractivity contribution in [3.05, 3.63) is 26.9 Å². The number of aryl methyl sites for hydroxylation is 1. The van der Waals surface area contributed by atoms with Crippen molar-refractivity contribution in [2.24, 2.45) is 0 Å². The summed E-state index contributed by atoms with van der Waals surface area (Å²) in [6.07, 6.45) is -3.80. The molecule has 4 atom stereocenters. The summed E-state index contributed by atoms with van der Waals surface area (Å²) in [4.78, 5) is 25.1. The van der Waals surface area contributed by atoms with E-state index in [-0.39, 0.29) is 10.3 Å². The van der Waals surface area contributed by atoms with Crippen LogP contribution in [0.1, 0.15) is 12.0 Å². The number of hydrogen-bond donors (Lipinski definition) is 5. The summed E-state index contributed by atoms with van der Waals surface area (Å²) in [5, 5.41) is 38.5. The van der Waals surface area contributed by atoms with Gasteiger partial charge in [0.2, 0.25) is 0 Å². The molecular formula is C12H16N2O7S. The van der Waals surface area contributed by atoms with Crippen molar-refractivity contribution >= 4 is 18.2 Å². The van der Waals surface area contributed by atoms with Gasteiger partial charge in [-0.25, -0.2) is 0 Å². The van der Waals surface area contributed by atoms with Gasteiger partial charge in [0.15, 0.2) is 10.5 Å². The Morgan fingerprint density at radius 3 is 2.68 bits per heavy atom. The van der Waals surface area contributed by atoms with Crippen molar-refractivity contribution in [1.82, 2.24) is 9.55 Å². The summed E-state index contributed by atoms with van der Waals surface area (Å²) in [5.41, 5.74) is -2.17. The van der Waals surface area contributed by atoms with Gasteiger partial charge in [0.25, 0.3) is 5.56 Å². The molecule has 0 saturated carbocycles. The van der Waals surface area contributed by atoms with Gasteiger partial charge in [0, 0.05) is 11.8 Å². The van der Waals surface area contributed by atoms with Crippen molar-refractivity contribution in [3.63, 3.8) is 0 Å². The third-order valence-electron chi connectivity index (χ3n) is 3.63. The minimum Gasteiger partial charge on any atom is -0.481 e. The molecule has 5 N–H and O–H groups in total. The second-order valence-corrected chi connectivity index (χ2v) is 5.52. The number of nitrogens with one attached hydrogen (secondary N) is 1. The monoisotopic (exact) mass is 332 g/mol. The van der Waals surface area contributed by atoms with Crippen LogP contribution in [0.15, 0.2) is 11.0 Å². The minimum absolute atomic E-state index is 0.165. The second kappa shape index (κ2) is 5.89. The molecule has 122 valence electrons. The number of aliphatic hydroxyl groups is 3. The molecule has 1 fully saturated rings. The number of hydrogen-bond acceptors (Lipinski definition) is 7. The molecule has 0 spiro atoms. The molecule has 0 aromatic carbocycles. The smallest absolute Gasteiger partial charge is 0.308 e. The number of rotatable bonds is 4. The molecule has 1 aliphatic heterocycles. The number of nitrogens with zero attached hydrogens (tertiary/aromatic N) is 1. The Kier molecular flexibility index (Phi) is 4.49. The minimum atomic E-state index is -1.93. The van der Waals surface area contributed by atoms with Crippen LogP contribution in [0.4, 0.5) is 0 Å². The molecule has 10 heteroatoms. The highest BCUT2D eigenvalue weighted by molar-refractivity contribution is 7.71. The molecule has 1 aromatic rings. The van der Waals surface area contributed by atoms with Crippen LogP contribution in [0.2, 0.25) is 0 Å². The van der Waals surface area contributed by atoms with E-state index in [1.807, 2.05) is 0 Å². The first-order valence-corrected chi connectivity index (χ1v) is 6.83. The first-order valence-electron chi connectivity index (χ1n) is 6.42. The zero-order valence-electron chi connectivity index (χ0n) is 11.6. The van der Waals surface area contributed by atoms with Gasteiger partial charge in [-0.2, -0.15) is 0 Å². The molecule has 2 rings (SSSR count). The molecular weight excluding hydrogens is 316 g/mol. The van der Waals surface area contributed by atoms with Gasteiger partial charge in [-0.3, -0.25) is 19.1 Å². The van der Waals surface area contributed by atoms with E-state index in [9.17, 15) is 24.9 Å². The molecule has 0 unspecified atom stereocenters. The predicted octanol–water partition coefficient (Wildman–Crippen LogP) is -1.55. The van der Waals surface area contributed by atoms with Gasteiger partial charge in [-0.05, 0) is 19.1 Å². The predicted molar refractivity (Wildman–Crippen MR) is 74.8 cm³/mol. The van der Waals surface area contributed by atoms with Crippen LogP contribution in [0, 0.1) is 11.7 Å². The fourth-order valence-electron chi connectivity index (χ4n) is 2.51. The van der Waals surface area contributed by atoms with Crippen LogP contribution in [-0.4, -0.2) is 60.9 Å². The number of carbonyl (C=O) groups is 1. The van der Waals surface area contributed by atoms with Crippen molar-refractivity contribution in [1.29, 1.82) is 0 Å². The topological polar surface area (TPSA) is 145 Å². The van der Waals surface area contributed by atoms with Crippen molar-refractivity contribution in [3.8, 4) is 0 Å². The van der Waals surface area contributed by atoms with E-state index >= 15 is 0 Å². The Bertz CT molecular complexity index is 699. The fourth-order valence-corrected chi connectivity index (χ4v) is 2.81. The van der Waals surface area contributed by atoms with Crippen molar-refractivity contribution in [2.45, 2.75) is 37.4 Å². The average molecular weight is 332 g/mol. The van der Waals surface area contributed by atoms with Gasteiger partial charge in [0.05, 0.1) is 13.0 Å². The van der Waals surface area contributed by atoms with E-state index in [4.69, 9.17) is 22.1 Å². The molecule has 1 saturated heterocycles. The van der Waals surface area contributed by atoms with Gasteiger partial charge < -0.3 is 25.2 Å². The lowest BCUT2D eigenvalue weighted by Gasteiger charge is -2.33. The Balaban J connectivity index is 2.66. The molecule has 22 heavy (non-hydrogen) atoms. The summed E-state index contributed by atoms with van der Waals surface area (Å²) in [7, 11) is 0. The maximum Gasteiger partial charge on any atom is 0.308 e. The molecule has 0 aliphatic carbocycles. The summed E-state index contributed by atoms with van der Waals surface area (Å²) < 4.78 is 6.37. The van der Waals surface area contributed by atoms with E-state index in [1.54, 1.807) is 0 Å². The van der Waals surface area contributed by atoms with Crippen LogP contribution in [-0.2, 0) is 15.3 Å². The number of aromatic amines is 1. The Labute approximate surface area is 129 Å². The number of aliphatic hydroxyl groups excluding tert-OH is 3. The Hall–Kier alpha value is -1.59. The lowest BCUT2D eigenvalue weighted by atomic mass is 9.99. The molecule has 1 aromatic heterocycles. The Morgan fingerprint density at radius 2 is 2.18 bits per heavy atom. The maximum absolute atomic E-state index is 11.6. The lowest BCUT2D eigenvalue weighted by Crippen LogP contribution is -2.48. The summed E-state index contributed by atoms with van der Waals surface area (Å²) in [6, 6.07) is 0. The zero-order valence-corrected chi connectivity index (χ0v) is 12.4. The lowest BCUT2D eigenvalue weighted by molar-refractivity contribution is -0.173. The van der Waals surface area contributed by atoms with E-state index < -0.39 is 48.6 Å². The van der Waals surface area contributed by atoms with Crippen LogP contribution >= 0.6 is 12.2 Å². The first-order chi connectivity index (χ1) is 10.2. The zero-order chi connectivity index (χ0) is 16.7. The van der Waals surface area contributed by atoms with E-state index in [1.165, 1.54) is 13.1 Å². The maximum atomic E-state index is 11.6. The van der Waals surface area contributed by atoms with Gasteiger partial charge >= 0.3 is 5.97 Å². The number of H-pyrrole nitrogens is 1. The van der Waals surface area contributed by atoms with Crippen molar-refractivity contribution < 1.29 is 30.0 Å². The van der Waals surface area contributed by atoms with E-state index in [2.05, 4.69) is 4.98 Å². The summed E-state index contributed by atoms with van der Waals surface area (Å²) >= 11 is 5.01. The molecule has 0 radical (unpaired) electrons. The molecule has 1 aliphatic rings. The highest BCUT2D eigenvalue weighted by Gasteiger charge is 2.56. The number of aromatic nitrogens is 2. The van der Waals surface area contributed by atoms with Gasteiger partial charge in [-0.1, -0.05) is 0 Å². The van der Waals surface area contributed by atoms with Crippen molar-refractivity contribution in [2.75, 3.05) is 6.61 Å². The van der Waals surface area contributed by atoms with Crippen LogP contribution < -0.4 is 5.56 Å². The Morgan fingerprint density at radius 1 is 1.55 bits per heavy atom. The number of carboxylic acid groups (broad SMARTS) is 1. The third kappa shape index (κ3) is 2.59. The van der Waals surface area contributed by atoms with E-state index in [0.29, 0.717) is 0 Å². The normalized spacial score (nSPS) is 31.4. The molecule has 2 heterocycles. The van der Waals surface area contributed by atoms with Crippen LogP contribution in [0.3, 0.4) is 0 Å². The van der Waals surface area contributed by atoms with E-state index in [0.717, 1.165) is 4.57 Å². The standard InChI is InChI=1S/C12H16N2O7S/c1-5-3-14(11(22)13-10(5)20)12(2-7(16)17)9(19)8(18)6(4-15)21-12/h3,6,8-9,15,18-19H,2,4H2,1H3,(H,16,17)(H,13,20,22)/t6-,8-,9-,12-/m1/s1. The van der Waals surface area contributed by atoms with Gasteiger partial charge in [0.1, 0.15) is 18.3 Å². The molecule has 9 nitrogen and oxygen atoms in total. The largest absolute Gasteiger partial charge is 0.481 e. The van der Waals surface area contributed by atoms with Crippen LogP contribution in [0.5, 0.6) is 0 Å². The number of ether oxygens (including phenoxy) is 1. The van der Waals surface area contributed by atoms with Gasteiger partial charge in [-0.15, -0.1) is 0 Å². The fraction of sp³-hybridized carbons (Fsp3) is 0.583. The van der Waals surface area contributed by atoms with Crippen LogP contribution in [0.25, 0.3) is 0 Å². The summed E-state index contributed by atoms with van der Waals surface area (Å²) in [6.45, 7) is 0.856. The highest BCUT2D eigenvalue weighted by Crippen LogP contribution is 2.38. The summed E-state index contributed by atoms with van der Waals surface area (Å²) in [5.74, 6) is -1.31.